The average molecular weight is 677 g/mol. The monoisotopic (exact) mass is 676 g/mol. The zero-order valence-electron chi connectivity index (χ0n) is 29.7. The maximum absolute atomic E-state index is 2.44. The molecule has 0 bridgehead atoms. The molecule has 1 heterocycles. The van der Waals surface area contributed by atoms with Crippen LogP contribution in [0.2, 0.25) is 0 Å². The minimum absolute atomic E-state index is 0.105. The van der Waals surface area contributed by atoms with Crippen molar-refractivity contribution in [1.29, 1.82) is 0 Å². The van der Waals surface area contributed by atoms with Crippen LogP contribution in [0.15, 0.2) is 182 Å². The summed E-state index contributed by atoms with van der Waals surface area (Å²) in [5, 5.41) is 10.2. The van der Waals surface area contributed by atoms with Gasteiger partial charge in [-0.3, -0.25) is 0 Å². The summed E-state index contributed by atoms with van der Waals surface area (Å²) in [5.41, 5.74) is 12.3. The Morgan fingerprint density at radius 2 is 0.811 bits per heavy atom. The molecule has 1 aromatic heterocycles. The summed E-state index contributed by atoms with van der Waals surface area (Å²) in [7, 11) is 0. The van der Waals surface area contributed by atoms with Gasteiger partial charge < -0.3 is 9.47 Å². The predicted molar refractivity (Wildman–Crippen MR) is 226 cm³/mol. The number of hydrogen-bond acceptors (Lipinski definition) is 1. The minimum atomic E-state index is -0.105. The molecule has 2 heteroatoms. The van der Waals surface area contributed by atoms with Crippen molar-refractivity contribution in [2.45, 2.75) is 19.3 Å². The number of para-hydroxylation sites is 2. The van der Waals surface area contributed by atoms with Gasteiger partial charge in [-0.05, 0) is 115 Å². The Bertz CT molecular complexity index is 3000. The summed E-state index contributed by atoms with van der Waals surface area (Å²) in [6.07, 6.45) is 0. The molecule has 0 atom stereocenters. The van der Waals surface area contributed by atoms with Crippen molar-refractivity contribution in [3.05, 3.63) is 193 Å². The Morgan fingerprint density at radius 1 is 0.358 bits per heavy atom. The van der Waals surface area contributed by atoms with Gasteiger partial charge in [-0.25, -0.2) is 0 Å². The lowest BCUT2D eigenvalue weighted by Gasteiger charge is -2.29. The quantitative estimate of drug-likeness (QED) is 0.168. The fourth-order valence-electron chi connectivity index (χ4n) is 9.26. The van der Waals surface area contributed by atoms with E-state index in [0.717, 1.165) is 22.7 Å². The van der Waals surface area contributed by atoms with E-state index in [1.54, 1.807) is 0 Å². The topological polar surface area (TPSA) is 8.17 Å². The summed E-state index contributed by atoms with van der Waals surface area (Å²) in [4.78, 5) is 2.44. The highest BCUT2D eigenvalue weighted by Gasteiger charge is 2.35. The Kier molecular flexibility index (Phi) is 6.33. The Hall–Kier alpha value is -6.64. The van der Waals surface area contributed by atoms with Gasteiger partial charge in [0.15, 0.2) is 0 Å². The van der Waals surface area contributed by atoms with E-state index in [0.29, 0.717) is 0 Å². The molecule has 9 aromatic carbocycles. The Morgan fingerprint density at radius 3 is 1.45 bits per heavy atom. The summed E-state index contributed by atoms with van der Waals surface area (Å²) in [6.45, 7) is 4.72. The van der Waals surface area contributed by atoms with Crippen LogP contribution < -0.4 is 4.90 Å². The average Bonchev–Trinajstić information content (AvgIpc) is 3.67. The standard InChI is InChI=1S/C51H36N2/c1-51(2)47-20-10-7-17-42(47)43-30-28-36(32-48(43)51)52(35-27-29-41-39-15-4-3-13-37(39)38-14-5-6-16-40(38)46(41)31-35)33-23-25-34(26-24-33)53-49-21-11-8-18-44(49)45-19-9-12-22-50(45)53/h3-32H,1-2H3. The molecule has 1 aliphatic carbocycles. The van der Waals surface area contributed by atoms with Gasteiger partial charge in [-0.1, -0.05) is 135 Å². The molecule has 10 aromatic rings. The minimum Gasteiger partial charge on any atom is -0.310 e. The van der Waals surface area contributed by atoms with Gasteiger partial charge in [0.25, 0.3) is 0 Å². The number of benzene rings is 9. The fourth-order valence-corrected chi connectivity index (χ4v) is 9.26. The maximum atomic E-state index is 2.44. The summed E-state index contributed by atoms with van der Waals surface area (Å²) in [5.74, 6) is 0. The van der Waals surface area contributed by atoms with E-state index in [4.69, 9.17) is 0 Å². The van der Waals surface area contributed by atoms with Crippen LogP contribution in [0.1, 0.15) is 25.0 Å². The summed E-state index contributed by atoms with van der Waals surface area (Å²) >= 11 is 0. The van der Waals surface area contributed by atoms with E-state index < -0.39 is 0 Å². The first-order chi connectivity index (χ1) is 26.1. The lowest BCUT2D eigenvalue weighted by Crippen LogP contribution is -2.16. The van der Waals surface area contributed by atoms with Crippen molar-refractivity contribution in [3.8, 4) is 16.8 Å². The molecule has 0 N–H and O–H groups in total. The first-order valence-corrected chi connectivity index (χ1v) is 18.5. The summed E-state index contributed by atoms with van der Waals surface area (Å²) in [6, 6.07) is 67.2. The zero-order valence-corrected chi connectivity index (χ0v) is 29.7. The second-order valence-corrected chi connectivity index (χ2v) is 14.9. The highest BCUT2D eigenvalue weighted by molar-refractivity contribution is 6.25. The van der Waals surface area contributed by atoms with Gasteiger partial charge in [-0.2, -0.15) is 0 Å². The van der Waals surface area contributed by atoms with Crippen LogP contribution in [0.5, 0.6) is 0 Å². The molecule has 0 fully saturated rings. The third-order valence-corrected chi connectivity index (χ3v) is 11.8. The highest BCUT2D eigenvalue weighted by atomic mass is 15.1. The fraction of sp³-hybridized carbons (Fsp3) is 0.0588. The molecule has 2 nitrogen and oxygen atoms in total. The normalized spacial score (nSPS) is 13.2. The van der Waals surface area contributed by atoms with Crippen molar-refractivity contribution < 1.29 is 0 Å². The second-order valence-electron chi connectivity index (χ2n) is 14.9. The number of fused-ring (bicyclic) bond motifs is 12. The lowest BCUT2D eigenvalue weighted by atomic mass is 9.82. The zero-order chi connectivity index (χ0) is 35.3. The Labute approximate surface area is 308 Å². The number of aromatic nitrogens is 1. The van der Waals surface area contributed by atoms with Gasteiger partial charge in [-0.15, -0.1) is 0 Å². The SMILES string of the molecule is CC1(C)c2ccccc2-c2ccc(N(c3ccc(-n4c5ccccc5c5ccccc54)cc3)c3ccc4c5ccccc5c5ccccc5c4c3)cc21. The van der Waals surface area contributed by atoms with Crippen LogP contribution in [0.4, 0.5) is 17.1 Å². The molecular weight excluding hydrogens is 641 g/mol. The molecule has 1 aliphatic rings. The Balaban J connectivity index is 1.13. The number of rotatable bonds is 4. The van der Waals surface area contributed by atoms with Gasteiger partial charge in [0, 0.05) is 38.9 Å². The number of nitrogens with zero attached hydrogens (tertiary/aromatic N) is 2. The molecule has 0 saturated carbocycles. The second kappa shape index (κ2) is 11.2. The smallest absolute Gasteiger partial charge is 0.0541 e. The van der Waals surface area contributed by atoms with E-state index >= 15 is 0 Å². The van der Waals surface area contributed by atoms with Crippen LogP contribution >= 0.6 is 0 Å². The molecule has 11 rings (SSSR count). The van der Waals surface area contributed by atoms with Gasteiger partial charge in [0.05, 0.1) is 11.0 Å². The maximum Gasteiger partial charge on any atom is 0.0541 e. The molecule has 0 spiro atoms. The predicted octanol–water partition coefficient (Wildman–Crippen LogP) is 14.0. The molecule has 250 valence electrons. The van der Waals surface area contributed by atoms with Crippen molar-refractivity contribution >= 4 is 71.2 Å². The van der Waals surface area contributed by atoms with Crippen molar-refractivity contribution in [1.82, 2.24) is 4.57 Å². The molecule has 0 radical (unpaired) electrons. The molecule has 0 aliphatic heterocycles. The van der Waals surface area contributed by atoms with Crippen molar-refractivity contribution in [2.75, 3.05) is 4.90 Å². The van der Waals surface area contributed by atoms with Gasteiger partial charge >= 0.3 is 0 Å². The molecular formula is C51H36N2. The first kappa shape index (κ1) is 30.0. The largest absolute Gasteiger partial charge is 0.310 e. The molecule has 0 unspecified atom stereocenters. The summed E-state index contributed by atoms with van der Waals surface area (Å²) < 4.78 is 2.39. The van der Waals surface area contributed by atoms with E-state index in [-0.39, 0.29) is 5.41 Å². The molecule has 53 heavy (non-hydrogen) atoms. The van der Waals surface area contributed by atoms with Crippen LogP contribution in [0.3, 0.4) is 0 Å². The van der Waals surface area contributed by atoms with Gasteiger partial charge in [0.2, 0.25) is 0 Å². The van der Waals surface area contributed by atoms with E-state index in [2.05, 4.69) is 205 Å². The van der Waals surface area contributed by atoms with Crippen molar-refractivity contribution in [2.24, 2.45) is 0 Å². The first-order valence-electron chi connectivity index (χ1n) is 18.5. The van der Waals surface area contributed by atoms with E-state index in [9.17, 15) is 0 Å². The number of anilines is 3. The van der Waals surface area contributed by atoms with Crippen LogP contribution in [0, 0.1) is 0 Å². The highest BCUT2D eigenvalue weighted by Crippen LogP contribution is 2.51. The van der Waals surface area contributed by atoms with Crippen molar-refractivity contribution in [3.63, 3.8) is 0 Å². The third kappa shape index (κ3) is 4.33. The van der Waals surface area contributed by atoms with Gasteiger partial charge in [0.1, 0.15) is 0 Å². The third-order valence-electron chi connectivity index (χ3n) is 11.8. The van der Waals surface area contributed by atoms with Crippen LogP contribution in [-0.2, 0) is 5.41 Å². The molecule has 0 saturated heterocycles. The van der Waals surface area contributed by atoms with E-state index in [1.807, 2.05) is 0 Å². The number of hydrogen-bond donors (Lipinski definition) is 0. The van der Waals surface area contributed by atoms with E-state index in [1.165, 1.54) is 76.4 Å². The van der Waals surface area contributed by atoms with Crippen LogP contribution in [-0.4, -0.2) is 4.57 Å². The lowest BCUT2D eigenvalue weighted by molar-refractivity contribution is 0.660. The molecule has 0 amide bonds. The van der Waals surface area contributed by atoms with Crippen LogP contribution in [0.25, 0.3) is 70.9 Å².